The van der Waals surface area contributed by atoms with Crippen molar-refractivity contribution in [2.24, 2.45) is 0 Å². The Labute approximate surface area is 170 Å². The molecule has 2 aromatic heterocycles. The second-order valence-electron chi connectivity index (χ2n) is 7.26. The van der Waals surface area contributed by atoms with Crippen LogP contribution in [-0.2, 0) is 13.1 Å². The van der Waals surface area contributed by atoms with Gasteiger partial charge in [-0.3, -0.25) is 0 Å². The van der Waals surface area contributed by atoms with E-state index >= 15 is 0 Å². The molecule has 140 valence electrons. The third kappa shape index (κ3) is 5.07. The summed E-state index contributed by atoms with van der Waals surface area (Å²) in [6.07, 6.45) is 3.86. The lowest BCUT2D eigenvalue weighted by Gasteiger charge is -2.08. The van der Waals surface area contributed by atoms with Crippen LogP contribution >= 0.6 is 23.4 Å². The van der Waals surface area contributed by atoms with Crippen molar-refractivity contribution in [2.75, 3.05) is 11.6 Å². The van der Waals surface area contributed by atoms with E-state index in [-0.39, 0.29) is 0 Å². The smallest absolute Gasteiger partial charge is 0.162 e. The van der Waals surface area contributed by atoms with E-state index in [9.17, 15) is 0 Å². The Bertz CT molecular complexity index is 997. The van der Waals surface area contributed by atoms with Gasteiger partial charge in [-0.25, -0.2) is 9.67 Å². The van der Waals surface area contributed by atoms with Crippen molar-refractivity contribution in [2.45, 2.75) is 37.6 Å². The van der Waals surface area contributed by atoms with Crippen LogP contribution in [0.2, 0.25) is 24.8 Å². The van der Waals surface area contributed by atoms with E-state index in [0.717, 1.165) is 16.7 Å². The van der Waals surface area contributed by atoms with E-state index < -0.39 is 8.07 Å². The van der Waals surface area contributed by atoms with Crippen LogP contribution in [0.25, 0.3) is 11.0 Å². The van der Waals surface area contributed by atoms with Gasteiger partial charge in [-0.15, -0.1) is 17.3 Å². The lowest BCUT2D eigenvalue weighted by molar-refractivity contribution is 0.734. The zero-order chi connectivity index (χ0) is 19.4. The van der Waals surface area contributed by atoms with E-state index in [4.69, 9.17) is 11.6 Å². The van der Waals surface area contributed by atoms with Gasteiger partial charge in [0.05, 0.1) is 11.1 Å². The normalized spacial score (nSPS) is 11.3. The Kier molecular flexibility index (Phi) is 6.15. The molecule has 1 aromatic carbocycles. The Hall–Kier alpha value is -1.94. The molecule has 0 aliphatic rings. The number of pyridine rings is 1. The molecule has 1 N–H and O–H groups in total. The first-order valence-corrected chi connectivity index (χ1v) is 13.9. The molecule has 7 heteroatoms. The first-order chi connectivity index (χ1) is 12.9. The molecule has 0 aliphatic carbocycles. The number of thioether (sulfide) groups is 1. The fourth-order valence-electron chi connectivity index (χ4n) is 2.63. The minimum atomic E-state index is -1.41. The molecule has 3 aromatic rings. The fraction of sp³-hybridized carbons (Fsp3) is 0.300. The van der Waals surface area contributed by atoms with Crippen molar-refractivity contribution in [1.82, 2.24) is 14.8 Å². The molecule has 4 nitrogen and oxygen atoms in total. The van der Waals surface area contributed by atoms with E-state index in [0.29, 0.717) is 18.2 Å². The number of nitrogens with one attached hydrogen (secondary N) is 1. The van der Waals surface area contributed by atoms with Crippen molar-refractivity contribution in [1.29, 1.82) is 0 Å². The summed E-state index contributed by atoms with van der Waals surface area (Å²) in [6.45, 7) is 7.88. The number of hydrogen-bond donors (Lipinski definition) is 1. The largest absolute Gasteiger partial charge is 0.380 e. The number of halogens is 1. The second-order valence-corrected chi connectivity index (χ2v) is 13.2. The number of fused-ring (bicyclic) bond motifs is 1. The SMILES string of the molecule is CSc1ccc(CNc2ccnc3c2c(Cl)nn3CC#C[Si](C)(C)C)cc1. The zero-order valence-electron chi connectivity index (χ0n) is 16.0. The van der Waals surface area contributed by atoms with Crippen LogP contribution in [0.1, 0.15) is 5.56 Å². The lowest BCUT2D eigenvalue weighted by atomic mass is 10.2. The van der Waals surface area contributed by atoms with Crippen LogP contribution in [0.5, 0.6) is 0 Å². The van der Waals surface area contributed by atoms with E-state index in [2.05, 4.69) is 77.0 Å². The number of anilines is 1. The van der Waals surface area contributed by atoms with Crippen molar-refractivity contribution >= 4 is 48.2 Å². The van der Waals surface area contributed by atoms with Crippen LogP contribution in [0.15, 0.2) is 41.4 Å². The molecule has 0 amide bonds. The number of rotatable bonds is 5. The number of aromatic nitrogens is 3. The maximum atomic E-state index is 6.42. The molecule has 0 bridgehead atoms. The van der Waals surface area contributed by atoms with Gasteiger partial charge in [-0.2, -0.15) is 5.10 Å². The molecule has 0 saturated carbocycles. The minimum Gasteiger partial charge on any atom is -0.380 e. The monoisotopic (exact) mass is 414 g/mol. The van der Waals surface area contributed by atoms with Crippen molar-refractivity contribution in [3.05, 3.63) is 47.2 Å². The average molecular weight is 415 g/mol. The molecular formula is C20H23ClN4SSi. The summed E-state index contributed by atoms with van der Waals surface area (Å²) in [4.78, 5) is 5.73. The van der Waals surface area contributed by atoms with E-state index in [1.807, 2.05) is 6.07 Å². The van der Waals surface area contributed by atoms with E-state index in [1.165, 1.54) is 10.5 Å². The number of benzene rings is 1. The van der Waals surface area contributed by atoms with Crippen LogP contribution < -0.4 is 5.32 Å². The van der Waals surface area contributed by atoms with Gasteiger partial charge in [0, 0.05) is 17.6 Å². The summed E-state index contributed by atoms with van der Waals surface area (Å²) >= 11 is 8.16. The van der Waals surface area contributed by atoms with Crippen molar-refractivity contribution < 1.29 is 0 Å². The predicted octanol–water partition coefficient (Wildman–Crippen LogP) is 5.30. The lowest BCUT2D eigenvalue weighted by Crippen LogP contribution is -2.16. The Morgan fingerprint density at radius 3 is 2.59 bits per heavy atom. The Balaban J connectivity index is 1.82. The summed E-state index contributed by atoms with van der Waals surface area (Å²) in [5.74, 6) is 3.23. The van der Waals surface area contributed by atoms with Gasteiger partial charge < -0.3 is 5.32 Å². The first-order valence-electron chi connectivity index (χ1n) is 8.75. The van der Waals surface area contributed by atoms with Gasteiger partial charge in [-0.1, -0.05) is 49.3 Å². The van der Waals surface area contributed by atoms with Crippen LogP contribution in [0, 0.1) is 11.5 Å². The molecule has 27 heavy (non-hydrogen) atoms. The molecule has 3 rings (SSSR count). The van der Waals surface area contributed by atoms with Crippen LogP contribution in [0.4, 0.5) is 5.69 Å². The molecule has 0 fully saturated rings. The molecule has 0 spiro atoms. The molecule has 0 unspecified atom stereocenters. The van der Waals surface area contributed by atoms with Gasteiger partial charge >= 0.3 is 0 Å². The first kappa shape index (κ1) is 19.8. The fourth-order valence-corrected chi connectivity index (χ4v) is 3.93. The van der Waals surface area contributed by atoms with Crippen molar-refractivity contribution in [3.63, 3.8) is 0 Å². The maximum absolute atomic E-state index is 6.42. The third-order valence-electron chi connectivity index (χ3n) is 3.92. The summed E-state index contributed by atoms with van der Waals surface area (Å²) in [7, 11) is -1.41. The van der Waals surface area contributed by atoms with Crippen LogP contribution in [0.3, 0.4) is 0 Å². The molecule has 0 atom stereocenters. The van der Waals surface area contributed by atoms with Gasteiger partial charge in [0.2, 0.25) is 0 Å². The molecular weight excluding hydrogens is 392 g/mol. The van der Waals surface area contributed by atoms with Gasteiger partial charge in [-0.05, 0) is 30.0 Å². The summed E-state index contributed by atoms with van der Waals surface area (Å²) in [6, 6.07) is 10.5. The van der Waals surface area contributed by atoms with Gasteiger partial charge in [0.15, 0.2) is 10.8 Å². The summed E-state index contributed by atoms with van der Waals surface area (Å²) in [5, 5.41) is 9.19. The third-order valence-corrected chi connectivity index (χ3v) is 5.86. The summed E-state index contributed by atoms with van der Waals surface area (Å²) < 4.78 is 1.78. The molecule has 2 heterocycles. The van der Waals surface area contributed by atoms with Crippen molar-refractivity contribution in [3.8, 4) is 11.5 Å². The van der Waals surface area contributed by atoms with Crippen LogP contribution in [-0.4, -0.2) is 29.1 Å². The highest BCUT2D eigenvalue weighted by Crippen LogP contribution is 2.29. The number of hydrogen-bond acceptors (Lipinski definition) is 4. The molecule has 0 radical (unpaired) electrons. The highest BCUT2D eigenvalue weighted by Gasteiger charge is 2.14. The molecule has 0 aliphatic heterocycles. The highest BCUT2D eigenvalue weighted by molar-refractivity contribution is 7.98. The maximum Gasteiger partial charge on any atom is 0.162 e. The minimum absolute atomic E-state index is 0.452. The highest BCUT2D eigenvalue weighted by atomic mass is 35.5. The predicted molar refractivity (Wildman–Crippen MR) is 119 cm³/mol. The standard InChI is InChI=1S/C20H23ClN4SSi/c1-26-16-8-6-15(7-9-16)14-23-17-10-11-22-20-18(17)19(21)24-25(20)12-5-13-27(2,3)4/h6-11H,12,14H2,1-4H3,(H,22,23). The quantitative estimate of drug-likeness (QED) is 0.349. The number of nitrogens with zero attached hydrogens (tertiary/aromatic N) is 3. The average Bonchev–Trinajstić information content (AvgIpc) is 2.96. The van der Waals surface area contributed by atoms with Gasteiger partial charge in [0.25, 0.3) is 0 Å². The second kappa shape index (κ2) is 8.38. The zero-order valence-corrected chi connectivity index (χ0v) is 18.6. The molecule has 0 saturated heterocycles. The summed E-state index contributed by atoms with van der Waals surface area (Å²) in [5.41, 5.74) is 6.26. The topological polar surface area (TPSA) is 42.7 Å². The Morgan fingerprint density at radius 1 is 1.19 bits per heavy atom. The van der Waals surface area contributed by atoms with Gasteiger partial charge in [0.1, 0.15) is 14.6 Å². The Morgan fingerprint density at radius 2 is 1.93 bits per heavy atom. The van der Waals surface area contributed by atoms with E-state index in [1.54, 1.807) is 22.6 Å².